The van der Waals surface area contributed by atoms with Gasteiger partial charge in [-0.3, -0.25) is 5.10 Å². The van der Waals surface area contributed by atoms with E-state index in [4.69, 9.17) is 0 Å². The number of fused-ring (bicyclic) bond motifs is 1. The van der Waals surface area contributed by atoms with Crippen molar-refractivity contribution in [2.45, 2.75) is 38.3 Å². The fraction of sp³-hybridized carbons (Fsp3) is 0.292. The predicted octanol–water partition coefficient (Wildman–Crippen LogP) is 4.79. The van der Waals surface area contributed by atoms with E-state index in [1.54, 1.807) is 0 Å². The normalized spacial score (nSPS) is 17.3. The van der Waals surface area contributed by atoms with Crippen molar-refractivity contribution in [1.82, 2.24) is 10.2 Å². The minimum atomic E-state index is -0.583. The fourth-order valence-corrected chi connectivity index (χ4v) is 4.20. The molecule has 28 heavy (non-hydrogen) atoms. The number of aliphatic hydroxyl groups is 1. The van der Waals surface area contributed by atoms with E-state index >= 15 is 0 Å². The lowest BCUT2D eigenvalue weighted by Gasteiger charge is -2.37. The van der Waals surface area contributed by atoms with E-state index in [0.29, 0.717) is 0 Å². The summed E-state index contributed by atoms with van der Waals surface area (Å²) in [5.41, 5.74) is 7.40. The molecule has 2 N–H and O–H groups in total. The molecule has 1 fully saturated rings. The predicted molar refractivity (Wildman–Crippen MR) is 113 cm³/mol. The van der Waals surface area contributed by atoms with Crippen LogP contribution in [0.1, 0.15) is 41.6 Å². The minimum absolute atomic E-state index is 0.583. The number of benzene rings is 2. The van der Waals surface area contributed by atoms with E-state index in [0.717, 1.165) is 54.9 Å². The molecule has 0 atom stereocenters. The fourth-order valence-electron chi connectivity index (χ4n) is 4.20. The van der Waals surface area contributed by atoms with Gasteiger partial charge in [0.15, 0.2) is 0 Å². The third kappa shape index (κ3) is 3.04. The van der Waals surface area contributed by atoms with Crippen molar-refractivity contribution in [3.8, 4) is 11.3 Å². The lowest BCUT2D eigenvalue weighted by molar-refractivity contribution is -0.0388. The third-order valence-corrected chi connectivity index (χ3v) is 6.04. The molecule has 1 saturated carbocycles. The first-order valence-corrected chi connectivity index (χ1v) is 10.0. The highest BCUT2D eigenvalue weighted by Gasteiger charge is 2.35. The number of H-pyrrole nitrogens is 1. The van der Waals surface area contributed by atoms with Crippen LogP contribution in [0, 0.1) is 6.92 Å². The molecule has 2 aliphatic rings. The number of hydrogen-bond acceptors (Lipinski definition) is 3. The Bertz CT molecular complexity index is 1030. The van der Waals surface area contributed by atoms with Gasteiger partial charge in [-0.1, -0.05) is 42.5 Å². The lowest BCUT2D eigenvalue weighted by atomic mass is 9.75. The van der Waals surface area contributed by atoms with E-state index in [-0.39, 0.29) is 0 Å². The Kier molecular flexibility index (Phi) is 4.09. The molecule has 0 spiro atoms. The summed E-state index contributed by atoms with van der Waals surface area (Å²) in [6.45, 7) is 3.78. The topological polar surface area (TPSA) is 52.1 Å². The molecule has 0 unspecified atom stereocenters. The summed E-state index contributed by atoms with van der Waals surface area (Å²) >= 11 is 0. The quantitative estimate of drug-likeness (QED) is 0.693. The number of nitrogens with zero attached hydrogens (tertiary/aromatic N) is 2. The molecule has 1 aromatic heterocycles. The Balaban J connectivity index is 1.37. The van der Waals surface area contributed by atoms with E-state index in [1.165, 1.54) is 16.8 Å². The van der Waals surface area contributed by atoms with Crippen LogP contribution in [0.15, 0.2) is 54.6 Å². The van der Waals surface area contributed by atoms with Gasteiger partial charge < -0.3 is 10.0 Å². The van der Waals surface area contributed by atoms with Crippen LogP contribution >= 0.6 is 0 Å². The first kappa shape index (κ1) is 17.3. The van der Waals surface area contributed by atoms with Gasteiger partial charge in [-0.25, -0.2) is 0 Å². The molecule has 5 rings (SSSR count). The van der Waals surface area contributed by atoms with Crippen molar-refractivity contribution in [3.05, 3.63) is 77.0 Å². The SMILES string of the molecule is Cc1cc(-c2ccc3c(c2)C=CCN3Cc2ccc(C3(O)CCC3)cc2)n[nH]1. The van der Waals surface area contributed by atoms with Gasteiger partial charge in [-0.2, -0.15) is 5.10 Å². The van der Waals surface area contributed by atoms with Gasteiger partial charge in [0.1, 0.15) is 0 Å². The standard InChI is InChI=1S/C24H25N3O/c1-17-14-22(26-25-17)19-7-10-23-20(15-19)4-2-13-27(23)16-18-5-8-21(9-6-18)24(28)11-3-12-24/h2,4-10,14-15,28H,3,11-13,16H2,1H3,(H,25,26). The Labute approximate surface area is 165 Å². The number of rotatable bonds is 4. The molecule has 2 aromatic carbocycles. The number of nitrogens with one attached hydrogen (secondary N) is 1. The number of aryl methyl sites for hydroxylation is 1. The van der Waals surface area contributed by atoms with Crippen LogP contribution in [0.5, 0.6) is 0 Å². The highest BCUT2D eigenvalue weighted by Crippen LogP contribution is 2.41. The third-order valence-electron chi connectivity index (χ3n) is 6.04. The van der Waals surface area contributed by atoms with Gasteiger partial charge in [-0.05, 0) is 61.1 Å². The summed E-state index contributed by atoms with van der Waals surface area (Å²) in [7, 11) is 0. The summed E-state index contributed by atoms with van der Waals surface area (Å²) in [6, 6.07) is 17.1. The average molecular weight is 371 g/mol. The van der Waals surface area contributed by atoms with E-state index in [9.17, 15) is 5.11 Å². The summed E-state index contributed by atoms with van der Waals surface area (Å²) in [5, 5.41) is 17.9. The smallest absolute Gasteiger partial charge is 0.0923 e. The van der Waals surface area contributed by atoms with Crippen LogP contribution < -0.4 is 4.90 Å². The number of aromatic nitrogens is 2. The lowest BCUT2D eigenvalue weighted by Crippen LogP contribution is -2.33. The maximum atomic E-state index is 10.5. The second-order valence-corrected chi connectivity index (χ2v) is 8.07. The summed E-state index contributed by atoms with van der Waals surface area (Å²) in [4.78, 5) is 2.39. The molecule has 0 bridgehead atoms. The first-order chi connectivity index (χ1) is 13.6. The highest BCUT2D eigenvalue weighted by atomic mass is 16.3. The minimum Gasteiger partial charge on any atom is -0.385 e. The van der Waals surface area contributed by atoms with Crippen LogP contribution in [0.3, 0.4) is 0 Å². The molecule has 142 valence electrons. The highest BCUT2D eigenvalue weighted by molar-refractivity contribution is 5.76. The molecular weight excluding hydrogens is 346 g/mol. The Morgan fingerprint density at radius 2 is 1.93 bits per heavy atom. The Morgan fingerprint density at radius 3 is 2.61 bits per heavy atom. The van der Waals surface area contributed by atoms with Crippen molar-refractivity contribution in [2.75, 3.05) is 11.4 Å². The monoisotopic (exact) mass is 371 g/mol. The second-order valence-electron chi connectivity index (χ2n) is 8.07. The molecule has 4 nitrogen and oxygen atoms in total. The molecule has 1 aliphatic carbocycles. The van der Waals surface area contributed by atoms with Crippen LogP contribution in [0.25, 0.3) is 17.3 Å². The summed E-state index contributed by atoms with van der Waals surface area (Å²) in [5.74, 6) is 0. The summed E-state index contributed by atoms with van der Waals surface area (Å²) < 4.78 is 0. The van der Waals surface area contributed by atoms with Crippen LogP contribution in [0.4, 0.5) is 5.69 Å². The number of hydrogen-bond donors (Lipinski definition) is 2. The van der Waals surface area contributed by atoms with Crippen molar-refractivity contribution in [3.63, 3.8) is 0 Å². The Morgan fingerprint density at radius 1 is 1.11 bits per heavy atom. The summed E-state index contributed by atoms with van der Waals surface area (Å²) in [6.07, 6.45) is 7.30. The molecular formula is C24H25N3O. The average Bonchev–Trinajstić information content (AvgIpc) is 3.13. The van der Waals surface area contributed by atoms with Gasteiger partial charge in [0, 0.05) is 30.0 Å². The second kappa shape index (κ2) is 6.64. The maximum absolute atomic E-state index is 10.5. The maximum Gasteiger partial charge on any atom is 0.0923 e. The molecule has 0 amide bonds. The largest absolute Gasteiger partial charge is 0.385 e. The van der Waals surface area contributed by atoms with Gasteiger partial charge in [-0.15, -0.1) is 0 Å². The number of aromatic amines is 1. The molecule has 1 aliphatic heterocycles. The zero-order valence-corrected chi connectivity index (χ0v) is 16.2. The number of anilines is 1. The van der Waals surface area contributed by atoms with Crippen molar-refractivity contribution in [1.29, 1.82) is 0 Å². The zero-order valence-electron chi connectivity index (χ0n) is 16.2. The van der Waals surface area contributed by atoms with E-state index < -0.39 is 5.60 Å². The van der Waals surface area contributed by atoms with E-state index in [1.807, 2.05) is 6.92 Å². The van der Waals surface area contributed by atoms with Gasteiger partial charge >= 0.3 is 0 Å². The van der Waals surface area contributed by atoms with Gasteiger partial charge in [0.2, 0.25) is 0 Å². The molecule has 3 aromatic rings. The van der Waals surface area contributed by atoms with Crippen molar-refractivity contribution < 1.29 is 5.11 Å². The zero-order chi connectivity index (χ0) is 19.1. The van der Waals surface area contributed by atoms with Crippen molar-refractivity contribution in [2.24, 2.45) is 0 Å². The first-order valence-electron chi connectivity index (χ1n) is 10.0. The molecule has 2 heterocycles. The van der Waals surface area contributed by atoms with Crippen LogP contribution in [0.2, 0.25) is 0 Å². The molecule has 0 saturated heterocycles. The van der Waals surface area contributed by atoms with Gasteiger partial charge in [0.05, 0.1) is 11.3 Å². The molecule has 0 radical (unpaired) electrons. The van der Waals surface area contributed by atoms with Crippen LogP contribution in [-0.2, 0) is 12.1 Å². The van der Waals surface area contributed by atoms with Crippen LogP contribution in [-0.4, -0.2) is 21.8 Å². The Hall–Kier alpha value is -2.85. The molecule has 4 heteroatoms. The van der Waals surface area contributed by atoms with Crippen molar-refractivity contribution >= 4 is 11.8 Å². The van der Waals surface area contributed by atoms with Gasteiger partial charge in [0.25, 0.3) is 0 Å². The van der Waals surface area contributed by atoms with E-state index in [2.05, 4.69) is 75.8 Å².